The molecule has 8 nitrogen and oxygen atoms in total. The summed E-state index contributed by atoms with van der Waals surface area (Å²) in [6.07, 6.45) is 3.62. The summed E-state index contributed by atoms with van der Waals surface area (Å²) < 4.78 is 28.6. The number of pyridine rings is 1. The first-order valence-electron chi connectivity index (χ1n) is 11.3. The second kappa shape index (κ2) is 9.03. The van der Waals surface area contributed by atoms with Crippen molar-refractivity contribution in [2.45, 2.75) is 18.9 Å². The van der Waals surface area contributed by atoms with Gasteiger partial charge < -0.3 is 14.8 Å². The molecule has 0 saturated carbocycles. The second-order valence-corrected chi connectivity index (χ2v) is 8.97. The van der Waals surface area contributed by atoms with Gasteiger partial charge in [-0.15, -0.1) is 5.10 Å². The van der Waals surface area contributed by atoms with Gasteiger partial charge in [-0.25, -0.2) is 13.5 Å². The van der Waals surface area contributed by atoms with Crippen LogP contribution in [0.25, 0.3) is 27.8 Å². The maximum Gasteiger partial charge on any atom is 0.258 e. The van der Waals surface area contributed by atoms with Gasteiger partial charge >= 0.3 is 0 Å². The van der Waals surface area contributed by atoms with Crippen LogP contribution in [0.4, 0.5) is 8.78 Å². The Kier molecular flexibility index (Phi) is 5.89. The lowest BCUT2D eigenvalue weighted by atomic mass is 10.0. The molecular formula is C25H24F2N6O2. The van der Waals surface area contributed by atoms with Gasteiger partial charge in [0.2, 0.25) is 0 Å². The zero-order chi connectivity index (χ0) is 24.7. The number of nitrogens with one attached hydrogen (secondary N) is 1. The lowest BCUT2D eigenvalue weighted by Gasteiger charge is -2.36. The van der Waals surface area contributed by atoms with Crippen LogP contribution in [0.5, 0.6) is 0 Å². The van der Waals surface area contributed by atoms with Crippen molar-refractivity contribution < 1.29 is 13.6 Å². The molecule has 2 aromatic carbocycles. The number of amides is 1. The van der Waals surface area contributed by atoms with E-state index in [2.05, 4.69) is 20.2 Å². The van der Waals surface area contributed by atoms with Crippen LogP contribution in [0.15, 0.2) is 53.5 Å². The third-order valence-electron chi connectivity index (χ3n) is 6.45. The molecule has 5 rings (SSSR count). The van der Waals surface area contributed by atoms with Gasteiger partial charge in [0.05, 0.1) is 23.0 Å². The van der Waals surface area contributed by atoms with Gasteiger partial charge in [0.15, 0.2) is 11.6 Å². The second-order valence-electron chi connectivity index (χ2n) is 8.97. The predicted molar refractivity (Wildman–Crippen MR) is 127 cm³/mol. The van der Waals surface area contributed by atoms with Crippen LogP contribution in [0, 0.1) is 11.6 Å². The number of benzene rings is 2. The number of aromatic nitrogens is 4. The van der Waals surface area contributed by atoms with E-state index in [1.165, 1.54) is 10.7 Å². The third kappa shape index (κ3) is 4.44. The summed E-state index contributed by atoms with van der Waals surface area (Å²) in [5.74, 6) is -2.05. The van der Waals surface area contributed by atoms with Crippen molar-refractivity contribution in [2.24, 2.45) is 0 Å². The molecule has 0 aliphatic carbocycles. The lowest BCUT2D eigenvalue weighted by molar-refractivity contribution is 0.0635. The highest BCUT2D eigenvalue weighted by Gasteiger charge is 2.25. The average Bonchev–Trinajstić information content (AvgIpc) is 3.34. The molecule has 1 amide bonds. The van der Waals surface area contributed by atoms with Gasteiger partial charge in [-0.05, 0) is 63.3 Å². The molecule has 1 saturated heterocycles. The number of carbonyl (C=O) groups is 1. The number of hydrogen-bond acceptors (Lipinski definition) is 5. The van der Waals surface area contributed by atoms with Crippen LogP contribution in [-0.2, 0) is 0 Å². The minimum Gasteiger partial charge on any atom is -0.337 e. The minimum atomic E-state index is -1.04. The smallest absolute Gasteiger partial charge is 0.258 e. The van der Waals surface area contributed by atoms with Gasteiger partial charge in [-0.2, -0.15) is 0 Å². The first-order valence-corrected chi connectivity index (χ1v) is 11.3. The number of carbonyl (C=O) groups excluding carboxylic acids is 1. The number of aromatic amines is 1. The standard InChI is InChI=1S/C25H24F2N6O2/c1-31(2)18-4-3-9-32(13-18)25(35)15-5-7-17(8-6-15)33-14-23(29-30-33)19-10-16-11-20(26)21(27)12-22(16)28-24(19)34/h5-8,10-12,14,18H,3-4,9,13H2,1-2H3,(H,28,34)/t18-/m0/s1. The summed E-state index contributed by atoms with van der Waals surface area (Å²) in [6, 6.07) is 10.8. The fourth-order valence-corrected chi connectivity index (χ4v) is 4.40. The Labute approximate surface area is 199 Å². The number of likely N-dealkylation sites (tertiary alicyclic amines) is 1. The van der Waals surface area contributed by atoms with Crippen LogP contribution >= 0.6 is 0 Å². The lowest BCUT2D eigenvalue weighted by Crippen LogP contribution is -2.47. The Hall–Kier alpha value is -3.92. The number of halogens is 2. The van der Waals surface area contributed by atoms with Gasteiger partial charge in [0.1, 0.15) is 5.69 Å². The van der Waals surface area contributed by atoms with Crippen LogP contribution in [0.3, 0.4) is 0 Å². The highest BCUT2D eigenvalue weighted by atomic mass is 19.2. The molecule has 2 aromatic heterocycles. The van der Waals surface area contributed by atoms with Crippen LogP contribution in [-0.4, -0.2) is 68.9 Å². The molecule has 180 valence electrons. The first kappa shape index (κ1) is 22.9. The summed E-state index contributed by atoms with van der Waals surface area (Å²) in [4.78, 5) is 32.1. The molecule has 1 atom stereocenters. The van der Waals surface area contributed by atoms with E-state index in [0.29, 0.717) is 29.2 Å². The van der Waals surface area contributed by atoms with E-state index in [0.717, 1.165) is 31.5 Å². The number of hydrogen-bond donors (Lipinski definition) is 1. The van der Waals surface area contributed by atoms with Crippen molar-refractivity contribution >= 4 is 16.8 Å². The monoisotopic (exact) mass is 478 g/mol. The molecule has 0 radical (unpaired) electrons. The minimum absolute atomic E-state index is 0.00579. The maximum absolute atomic E-state index is 13.6. The topological polar surface area (TPSA) is 87.1 Å². The maximum atomic E-state index is 13.6. The molecule has 1 N–H and O–H groups in total. The fourth-order valence-electron chi connectivity index (χ4n) is 4.40. The zero-order valence-electron chi connectivity index (χ0n) is 19.3. The normalized spacial score (nSPS) is 16.3. The Morgan fingerprint density at radius 1 is 1.11 bits per heavy atom. The molecule has 0 bridgehead atoms. The van der Waals surface area contributed by atoms with Crippen molar-refractivity contribution in [1.82, 2.24) is 29.8 Å². The van der Waals surface area contributed by atoms with Crippen molar-refractivity contribution in [3.8, 4) is 16.9 Å². The number of piperidine rings is 1. The molecule has 1 aliphatic rings. The summed E-state index contributed by atoms with van der Waals surface area (Å²) in [5.41, 5.74) is 1.41. The van der Waals surface area contributed by atoms with Crippen LogP contribution in [0.2, 0.25) is 0 Å². The van der Waals surface area contributed by atoms with Gasteiger partial charge in [0, 0.05) is 36.1 Å². The number of likely N-dealkylation sites (N-methyl/N-ethyl adjacent to an activating group) is 1. The number of rotatable bonds is 4. The molecule has 3 heterocycles. The highest BCUT2D eigenvalue weighted by Crippen LogP contribution is 2.22. The molecule has 0 unspecified atom stereocenters. The van der Waals surface area contributed by atoms with Gasteiger partial charge in [-0.1, -0.05) is 5.21 Å². The first-order chi connectivity index (χ1) is 16.8. The molecule has 1 fully saturated rings. The summed E-state index contributed by atoms with van der Waals surface area (Å²) in [5, 5.41) is 8.50. The van der Waals surface area contributed by atoms with Crippen molar-refractivity contribution in [1.29, 1.82) is 0 Å². The molecule has 10 heteroatoms. The summed E-state index contributed by atoms with van der Waals surface area (Å²) >= 11 is 0. The van der Waals surface area contributed by atoms with E-state index in [1.54, 1.807) is 30.5 Å². The van der Waals surface area contributed by atoms with Crippen LogP contribution < -0.4 is 5.56 Å². The number of H-pyrrole nitrogens is 1. The molecule has 0 spiro atoms. The van der Waals surface area contributed by atoms with E-state index >= 15 is 0 Å². The quantitative estimate of drug-likeness (QED) is 0.487. The predicted octanol–water partition coefficient (Wildman–Crippen LogP) is 3.22. The largest absolute Gasteiger partial charge is 0.337 e. The Morgan fingerprint density at radius 2 is 1.86 bits per heavy atom. The number of nitrogens with zero attached hydrogens (tertiary/aromatic N) is 5. The van der Waals surface area contributed by atoms with Gasteiger partial charge in [0.25, 0.3) is 11.5 Å². The van der Waals surface area contributed by atoms with Crippen molar-refractivity contribution in [2.75, 3.05) is 27.2 Å². The number of fused-ring (bicyclic) bond motifs is 1. The Balaban J connectivity index is 1.37. The van der Waals surface area contributed by atoms with E-state index in [1.807, 2.05) is 19.0 Å². The van der Waals surface area contributed by atoms with E-state index < -0.39 is 17.2 Å². The van der Waals surface area contributed by atoms with E-state index in [-0.39, 0.29) is 22.7 Å². The average molecular weight is 479 g/mol. The molecular weight excluding hydrogens is 454 g/mol. The van der Waals surface area contributed by atoms with Crippen molar-refractivity contribution in [3.05, 3.63) is 76.2 Å². The Morgan fingerprint density at radius 3 is 2.60 bits per heavy atom. The summed E-state index contributed by atoms with van der Waals surface area (Å²) in [7, 11) is 4.06. The van der Waals surface area contributed by atoms with Gasteiger partial charge in [-0.3, -0.25) is 9.59 Å². The molecule has 4 aromatic rings. The van der Waals surface area contributed by atoms with Crippen molar-refractivity contribution in [3.63, 3.8) is 0 Å². The third-order valence-corrected chi connectivity index (χ3v) is 6.45. The van der Waals surface area contributed by atoms with E-state index in [9.17, 15) is 18.4 Å². The summed E-state index contributed by atoms with van der Waals surface area (Å²) in [6.45, 7) is 1.45. The SMILES string of the molecule is CN(C)[C@H]1CCCN(C(=O)c2ccc(-n3cc(-c4cc5cc(F)c(F)cc5[nH]c4=O)nn3)cc2)C1. The molecule has 1 aliphatic heterocycles. The van der Waals surface area contributed by atoms with E-state index in [4.69, 9.17) is 0 Å². The fraction of sp³-hybridized carbons (Fsp3) is 0.280. The Bertz CT molecular complexity index is 1460. The highest BCUT2D eigenvalue weighted by molar-refractivity contribution is 5.94. The zero-order valence-corrected chi connectivity index (χ0v) is 19.3. The van der Waals surface area contributed by atoms with Crippen LogP contribution in [0.1, 0.15) is 23.2 Å². The molecule has 35 heavy (non-hydrogen) atoms.